The SMILES string of the molecule is NCCN1CCC(CNCCC2CCCCC2)CC1. The summed E-state index contributed by atoms with van der Waals surface area (Å²) in [4.78, 5) is 2.51. The Bertz CT molecular complexity index is 218. The van der Waals surface area contributed by atoms with Crippen LogP contribution in [0.5, 0.6) is 0 Å². The summed E-state index contributed by atoms with van der Waals surface area (Å²) in [5.41, 5.74) is 5.61. The predicted octanol–water partition coefficient (Wildman–Crippen LogP) is 2.22. The second-order valence-electron chi connectivity index (χ2n) is 6.57. The van der Waals surface area contributed by atoms with Gasteiger partial charge in [-0.1, -0.05) is 32.1 Å². The van der Waals surface area contributed by atoms with Gasteiger partial charge in [-0.2, -0.15) is 0 Å². The molecule has 0 unspecified atom stereocenters. The van der Waals surface area contributed by atoms with Crippen LogP contribution in [0.2, 0.25) is 0 Å². The minimum Gasteiger partial charge on any atom is -0.329 e. The molecule has 0 amide bonds. The lowest BCUT2D eigenvalue weighted by Gasteiger charge is -2.31. The number of hydrogen-bond acceptors (Lipinski definition) is 3. The fourth-order valence-electron chi connectivity index (χ4n) is 3.68. The Morgan fingerprint density at radius 3 is 2.37 bits per heavy atom. The highest BCUT2D eigenvalue weighted by atomic mass is 15.1. The normalized spacial score (nSPS) is 23.8. The molecule has 1 saturated heterocycles. The van der Waals surface area contributed by atoms with Gasteiger partial charge < -0.3 is 16.0 Å². The van der Waals surface area contributed by atoms with Crippen molar-refractivity contribution in [2.45, 2.75) is 51.4 Å². The standard InChI is InChI=1S/C16H33N3/c17-9-13-19-11-7-16(8-12-19)14-18-10-6-15-4-2-1-3-5-15/h15-16,18H,1-14,17H2. The summed E-state index contributed by atoms with van der Waals surface area (Å²) in [6.07, 6.45) is 11.5. The lowest BCUT2D eigenvalue weighted by atomic mass is 9.87. The number of hydrogen-bond donors (Lipinski definition) is 2. The summed E-state index contributed by atoms with van der Waals surface area (Å²) in [6, 6.07) is 0. The number of likely N-dealkylation sites (tertiary alicyclic amines) is 1. The summed E-state index contributed by atoms with van der Waals surface area (Å²) < 4.78 is 0. The van der Waals surface area contributed by atoms with Crippen LogP contribution in [0.15, 0.2) is 0 Å². The lowest BCUT2D eigenvalue weighted by Crippen LogP contribution is -2.39. The van der Waals surface area contributed by atoms with Crippen molar-refractivity contribution in [2.24, 2.45) is 17.6 Å². The third-order valence-electron chi connectivity index (χ3n) is 5.04. The fourth-order valence-corrected chi connectivity index (χ4v) is 3.68. The number of nitrogens with two attached hydrogens (primary N) is 1. The molecular weight excluding hydrogens is 234 g/mol. The smallest absolute Gasteiger partial charge is 0.0105 e. The second-order valence-corrected chi connectivity index (χ2v) is 6.57. The molecule has 3 N–H and O–H groups in total. The molecule has 2 aliphatic rings. The highest BCUT2D eigenvalue weighted by molar-refractivity contribution is 4.74. The highest BCUT2D eigenvalue weighted by Crippen LogP contribution is 2.25. The molecule has 1 heterocycles. The van der Waals surface area contributed by atoms with Crippen LogP contribution in [0.4, 0.5) is 0 Å². The van der Waals surface area contributed by atoms with Crippen LogP contribution >= 0.6 is 0 Å². The molecule has 2 rings (SSSR count). The monoisotopic (exact) mass is 267 g/mol. The minimum atomic E-state index is 0.810. The van der Waals surface area contributed by atoms with Gasteiger partial charge in [-0.05, 0) is 57.3 Å². The van der Waals surface area contributed by atoms with Crippen molar-refractivity contribution in [3.05, 3.63) is 0 Å². The molecule has 0 aromatic carbocycles. The van der Waals surface area contributed by atoms with Gasteiger partial charge in [0.15, 0.2) is 0 Å². The van der Waals surface area contributed by atoms with Crippen LogP contribution in [-0.2, 0) is 0 Å². The molecule has 0 atom stereocenters. The fraction of sp³-hybridized carbons (Fsp3) is 1.00. The minimum absolute atomic E-state index is 0.810. The van der Waals surface area contributed by atoms with Crippen LogP contribution < -0.4 is 11.1 Å². The molecule has 1 saturated carbocycles. The molecule has 1 aliphatic heterocycles. The van der Waals surface area contributed by atoms with Crippen LogP contribution in [0.1, 0.15) is 51.4 Å². The van der Waals surface area contributed by atoms with E-state index in [2.05, 4.69) is 10.2 Å². The van der Waals surface area contributed by atoms with Gasteiger partial charge in [0.1, 0.15) is 0 Å². The van der Waals surface area contributed by atoms with Crippen molar-refractivity contribution in [1.82, 2.24) is 10.2 Å². The third-order valence-corrected chi connectivity index (χ3v) is 5.04. The van der Waals surface area contributed by atoms with Crippen LogP contribution in [0.25, 0.3) is 0 Å². The van der Waals surface area contributed by atoms with Crippen molar-refractivity contribution in [3.8, 4) is 0 Å². The molecular formula is C16H33N3. The Morgan fingerprint density at radius 2 is 1.68 bits per heavy atom. The van der Waals surface area contributed by atoms with Gasteiger partial charge in [0.25, 0.3) is 0 Å². The van der Waals surface area contributed by atoms with Crippen LogP contribution in [0, 0.1) is 11.8 Å². The van der Waals surface area contributed by atoms with Gasteiger partial charge in [-0.15, -0.1) is 0 Å². The van der Waals surface area contributed by atoms with Crippen molar-refractivity contribution >= 4 is 0 Å². The molecule has 0 bridgehead atoms. The third kappa shape index (κ3) is 5.80. The van der Waals surface area contributed by atoms with Crippen molar-refractivity contribution in [3.63, 3.8) is 0 Å². The average molecular weight is 267 g/mol. The summed E-state index contributed by atoms with van der Waals surface area (Å²) in [5.74, 6) is 1.92. The first kappa shape index (κ1) is 15.3. The first-order valence-corrected chi connectivity index (χ1v) is 8.51. The molecule has 2 fully saturated rings. The number of nitrogens with one attached hydrogen (secondary N) is 1. The zero-order chi connectivity index (χ0) is 13.3. The zero-order valence-corrected chi connectivity index (χ0v) is 12.6. The van der Waals surface area contributed by atoms with Gasteiger partial charge in [-0.3, -0.25) is 0 Å². The Morgan fingerprint density at radius 1 is 0.947 bits per heavy atom. The first-order chi connectivity index (χ1) is 9.38. The quantitative estimate of drug-likeness (QED) is 0.695. The van der Waals surface area contributed by atoms with E-state index in [0.29, 0.717) is 0 Å². The number of rotatable bonds is 7. The predicted molar refractivity (Wildman–Crippen MR) is 82.3 cm³/mol. The Kier molecular flexibility index (Phi) is 7.18. The van der Waals surface area contributed by atoms with E-state index in [0.717, 1.165) is 24.9 Å². The van der Waals surface area contributed by atoms with E-state index in [1.807, 2.05) is 0 Å². The van der Waals surface area contributed by atoms with Crippen molar-refractivity contribution in [2.75, 3.05) is 39.3 Å². The van der Waals surface area contributed by atoms with Gasteiger partial charge in [-0.25, -0.2) is 0 Å². The Hall–Kier alpha value is -0.120. The molecule has 112 valence electrons. The maximum Gasteiger partial charge on any atom is 0.0105 e. The molecule has 0 radical (unpaired) electrons. The van der Waals surface area contributed by atoms with Crippen LogP contribution in [-0.4, -0.2) is 44.2 Å². The van der Waals surface area contributed by atoms with E-state index >= 15 is 0 Å². The largest absolute Gasteiger partial charge is 0.329 e. The number of piperidine rings is 1. The number of nitrogens with zero attached hydrogens (tertiary/aromatic N) is 1. The zero-order valence-electron chi connectivity index (χ0n) is 12.6. The maximum absolute atomic E-state index is 5.61. The maximum atomic E-state index is 5.61. The second kappa shape index (κ2) is 8.93. The molecule has 3 heteroatoms. The van der Waals surface area contributed by atoms with E-state index < -0.39 is 0 Å². The topological polar surface area (TPSA) is 41.3 Å². The van der Waals surface area contributed by atoms with E-state index in [4.69, 9.17) is 5.73 Å². The Labute approximate surface area is 119 Å². The van der Waals surface area contributed by atoms with Crippen molar-refractivity contribution in [1.29, 1.82) is 0 Å². The lowest BCUT2D eigenvalue weighted by molar-refractivity contribution is 0.186. The van der Waals surface area contributed by atoms with Gasteiger partial charge in [0, 0.05) is 13.1 Å². The van der Waals surface area contributed by atoms with E-state index in [1.165, 1.54) is 77.5 Å². The molecule has 0 aromatic heterocycles. The Balaban J connectivity index is 1.47. The van der Waals surface area contributed by atoms with E-state index in [1.54, 1.807) is 0 Å². The van der Waals surface area contributed by atoms with Crippen molar-refractivity contribution < 1.29 is 0 Å². The average Bonchev–Trinajstić information content (AvgIpc) is 2.47. The molecule has 0 aromatic rings. The van der Waals surface area contributed by atoms with Crippen LogP contribution in [0.3, 0.4) is 0 Å². The molecule has 3 nitrogen and oxygen atoms in total. The summed E-state index contributed by atoms with van der Waals surface area (Å²) in [6.45, 7) is 6.89. The molecule has 19 heavy (non-hydrogen) atoms. The summed E-state index contributed by atoms with van der Waals surface area (Å²) in [7, 11) is 0. The highest BCUT2D eigenvalue weighted by Gasteiger charge is 2.18. The molecule has 1 aliphatic carbocycles. The molecule has 0 spiro atoms. The first-order valence-electron chi connectivity index (χ1n) is 8.51. The van der Waals surface area contributed by atoms with E-state index in [9.17, 15) is 0 Å². The summed E-state index contributed by atoms with van der Waals surface area (Å²) in [5, 5.41) is 3.71. The van der Waals surface area contributed by atoms with Gasteiger partial charge in [0.05, 0.1) is 0 Å². The summed E-state index contributed by atoms with van der Waals surface area (Å²) >= 11 is 0. The van der Waals surface area contributed by atoms with Gasteiger partial charge >= 0.3 is 0 Å². The van der Waals surface area contributed by atoms with E-state index in [-0.39, 0.29) is 0 Å². The van der Waals surface area contributed by atoms with Gasteiger partial charge in [0.2, 0.25) is 0 Å².